The number of aryl methyl sites for hydroxylation is 1. The molecule has 3 rings (SSSR count). The number of ether oxygens (including phenoxy) is 1. The zero-order valence-electron chi connectivity index (χ0n) is 17.4. The lowest BCUT2D eigenvalue weighted by Crippen LogP contribution is -2.29. The van der Waals surface area contributed by atoms with E-state index in [1.807, 2.05) is 0 Å². The summed E-state index contributed by atoms with van der Waals surface area (Å²) in [5.41, 5.74) is 0.595. The molecule has 1 aromatic heterocycles. The molecule has 1 amide bonds. The van der Waals surface area contributed by atoms with Crippen LogP contribution < -0.4 is 15.5 Å². The van der Waals surface area contributed by atoms with Crippen LogP contribution in [0.1, 0.15) is 23.6 Å². The zero-order valence-corrected chi connectivity index (χ0v) is 19.0. The predicted molar refractivity (Wildman–Crippen MR) is 117 cm³/mol. The van der Waals surface area contributed by atoms with Crippen LogP contribution in [0, 0.1) is 12.7 Å². The van der Waals surface area contributed by atoms with E-state index in [0.29, 0.717) is 23.1 Å². The van der Waals surface area contributed by atoms with Gasteiger partial charge in [0.25, 0.3) is 0 Å². The van der Waals surface area contributed by atoms with Gasteiger partial charge in [0.05, 0.1) is 5.02 Å². The Morgan fingerprint density at radius 3 is 2.59 bits per heavy atom. The van der Waals surface area contributed by atoms with Crippen molar-refractivity contribution < 1.29 is 26.8 Å². The van der Waals surface area contributed by atoms with E-state index >= 15 is 0 Å². The highest BCUT2D eigenvalue weighted by Gasteiger charge is 2.19. The van der Waals surface area contributed by atoms with Crippen molar-refractivity contribution in [2.75, 3.05) is 13.6 Å². The Hall–Kier alpha value is -2.95. The van der Waals surface area contributed by atoms with Gasteiger partial charge in [-0.25, -0.2) is 27.5 Å². The number of hydrogen-bond donors (Lipinski definition) is 1. The van der Waals surface area contributed by atoms with Gasteiger partial charge < -0.3 is 14.1 Å². The summed E-state index contributed by atoms with van der Waals surface area (Å²) in [7, 11) is -2.71. The maximum absolute atomic E-state index is 13.8. The number of sulfonamides is 1. The highest BCUT2D eigenvalue weighted by Crippen LogP contribution is 2.32. The number of nitrogens with zero attached hydrogens (tertiary/aromatic N) is 1. The summed E-state index contributed by atoms with van der Waals surface area (Å²) in [4.78, 5) is 25.3. The van der Waals surface area contributed by atoms with Gasteiger partial charge in [-0.05, 0) is 43.2 Å². The summed E-state index contributed by atoms with van der Waals surface area (Å²) in [5, 5.41) is 5.68. The number of carbonyl (C=O) groups is 1. The minimum absolute atomic E-state index is 0.0252. The standard InChI is InChI=1S/C21H20ClFN2O6S/c1-4-25(3)21(27)31-18-10-17-13(9-15(18)22)11(2)14(20(26)30-17)7-12-5-6-16(23)19(8-12)32(24,28)29/h5-6,8-10H,4,7H2,1-3H3,(H2,24,28,29). The van der Waals surface area contributed by atoms with E-state index in [9.17, 15) is 22.4 Å². The quantitative estimate of drug-likeness (QED) is 0.555. The van der Waals surface area contributed by atoms with Crippen molar-refractivity contribution >= 4 is 38.7 Å². The Balaban J connectivity index is 2.05. The van der Waals surface area contributed by atoms with Gasteiger partial charge in [-0.2, -0.15) is 0 Å². The molecule has 0 saturated carbocycles. The fraction of sp³-hybridized carbons (Fsp3) is 0.238. The minimum atomic E-state index is -4.27. The number of rotatable bonds is 5. The van der Waals surface area contributed by atoms with Gasteiger partial charge in [-0.1, -0.05) is 17.7 Å². The molecule has 2 N–H and O–H groups in total. The fourth-order valence-electron chi connectivity index (χ4n) is 3.05. The van der Waals surface area contributed by atoms with Crippen LogP contribution in [0.3, 0.4) is 0 Å². The number of halogens is 2. The molecule has 0 radical (unpaired) electrons. The zero-order chi connectivity index (χ0) is 23.8. The normalized spacial score (nSPS) is 11.6. The van der Waals surface area contributed by atoms with Crippen LogP contribution in [-0.4, -0.2) is 33.0 Å². The molecular formula is C21H20ClFN2O6S. The van der Waals surface area contributed by atoms with Crippen LogP contribution >= 0.6 is 11.6 Å². The third-order valence-corrected chi connectivity index (χ3v) is 6.23. The molecule has 170 valence electrons. The minimum Gasteiger partial charge on any atom is -0.422 e. The van der Waals surface area contributed by atoms with Gasteiger partial charge in [0, 0.05) is 37.0 Å². The number of fused-ring (bicyclic) bond motifs is 1. The SMILES string of the molecule is CCN(C)C(=O)Oc1cc2oc(=O)c(Cc3ccc(F)c(S(N)(=O)=O)c3)c(C)c2cc1Cl. The molecule has 0 aliphatic rings. The molecule has 0 spiro atoms. The van der Waals surface area contributed by atoms with E-state index in [2.05, 4.69) is 0 Å². The average Bonchev–Trinajstić information content (AvgIpc) is 2.72. The van der Waals surface area contributed by atoms with Gasteiger partial charge >= 0.3 is 11.7 Å². The molecule has 0 atom stereocenters. The molecule has 0 saturated heterocycles. The van der Waals surface area contributed by atoms with Crippen LogP contribution in [0.15, 0.2) is 44.4 Å². The molecule has 0 aliphatic heterocycles. The summed E-state index contributed by atoms with van der Waals surface area (Å²) in [5.74, 6) is -0.947. The molecule has 11 heteroatoms. The van der Waals surface area contributed by atoms with Crippen molar-refractivity contribution in [1.82, 2.24) is 4.90 Å². The number of amides is 1. The van der Waals surface area contributed by atoms with Gasteiger partial charge in [-0.15, -0.1) is 0 Å². The molecule has 32 heavy (non-hydrogen) atoms. The van der Waals surface area contributed by atoms with Crippen molar-refractivity contribution in [1.29, 1.82) is 0 Å². The molecule has 0 unspecified atom stereocenters. The monoisotopic (exact) mass is 482 g/mol. The number of benzene rings is 2. The first kappa shape index (κ1) is 23.7. The van der Waals surface area contributed by atoms with E-state index < -0.39 is 32.5 Å². The van der Waals surface area contributed by atoms with Crippen LogP contribution in [0.2, 0.25) is 5.02 Å². The first-order chi connectivity index (χ1) is 14.9. The van der Waals surface area contributed by atoms with Crippen LogP contribution in [0.25, 0.3) is 11.0 Å². The third-order valence-electron chi connectivity index (χ3n) is 5.01. The Morgan fingerprint density at radius 2 is 1.97 bits per heavy atom. The maximum Gasteiger partial charge on any atom is 0.415 e. The third kappa shape index (κ3) is 4.77. The highest BCUT2D eigenvalue weighted by molar-refractivity contribution is 7.89. The first-order valence-corrected chi connectivity index (χ1v) is 11.3. The van der Waals surface area contributed by atoms with Crippen molar-refractivity contribution in [2.45, 2.75) is 25.2 Å². The van der Waals surface area contributed by atoms with Gasteiger partial charge in [0.2, 0.25) is 10.0 Å². The molecule has 0 aliphatic carbocycles. The molecular weight excluding hydrogens is 463 g/mol. The summed E-state index contributed by atoms with van der Waals surface area (Å²) < 4.78 is 47.6. The molecule has 0 bridgehead atoms. The Kier molecular flexibility index (Phi) is 6.59. The second-order valence-electron chi connectivity index (χ2n) is 7.14. The summed E-state index contributed by atoms with van der Waals surface area (Å²) in [6.45, 7) is 3.88. The Labute approximate surface area is 188 Å². The summed E-state index contributed by atoms with van der Waals surface area (Å²) in [6, 6.07) is 6.26. The lowest BCUT2D eigenvalue weighted by atomic mass is 9.99. The van der Waals surface area contributed by atoms with Crippen LogP contribution in [0.5, 0.6) is 5.75 Å². The van der Waals surface area contributed by atoms with Crippen molar-refractivity contribution in [3.63, 3.8) is 0 Å². The van der Waals surface area contributed by atoms with Crippen molar-refractivity contribution in [3.8, 4) is 5.75 Å². The van der Waals surface area contributed by atoms with Crippen molar-refractivity contribution in [2.24, 2.45) is 5.14 Å². The number of primary sulfonamides is 1. The number of carbonyl (C=O) groups excluding carboxylic acids is 1. The van der Waals surface area contributed by atoms with Crippen molar-refractivity contribution in [3.05, 3.63) is 68.3 Å². The van der Waals surface area contributed by atoms with Crippen LogP contribution in [-0.2, 0) is 16.4 Å². The maximum atomic E-state index is 13.8. The number of hydrogen-bond acceptors (Lipinski definition) is 6. The van der Waals surface area contributed by atoms with Gasteiger partial charge in [0.1, 0.15) is 16.3 Å². The van der Waals surface area contributed by atoms with Gasteiger partial charge in [0.15, 0.2) is 5.75 Å². The van der Waals surface area contributed by atoms with E-state index in [4.69, 9.17) is 25.9 Å². The van der Waals surface area contributed by atoms with E-state index in [1.54, 1.807) is 20.9 Å². The predicted octanol–water partition coefficient (Wildman–Crippen LogP) is 3.58. The van der Waals surface area contributed by atoms with Crippen LogP contribution in [0.4, 0.5) is 9.18 Å². The first-order valence-electron chi connectivity index (χ1n) is 9.42. The van der Waals surface area contributed by atoms with E-state index in [0.717, 1.165) is 12.1 Å². The Morgan fingerprint density at radius 1 is 1.28 bits per heavy atom. The summed E-state index contributed by atoms with van der Waals surface area (Å²) >= 11 is 6.27. The highest BCUT2D eigenvalue weighted by atomic mass is 35.5. The largest absolute Gasteiger partial charge is 0.422 e. The smallest absolute Gasteiger partial charge is 0.415 e. The van der Waals surface area contributed by atoms with Gasteiger partial charge in [-0.3, -0.25) is 0 Å². The average molecular weight is 483 g/mol. The lowest BCUT2D eigenvalue weighted by Gasteiger charge is -2.15. The van der Waals surface area contributed by atoms with E-state index in [-0.39, 0.29) is 28.3 Å². The molecule has 8 nitrogen and oxygen atoms in total. The second-order valence-corrected chi connectivity index (χ2v) is 9.08. The number of nitrogens with two attached hydrogens (primary N) is 1. The van der Waals surface area contributed by atoms with E-state index in [1.165, 1.54) is 23.1 Å². The molecule has 0 fully saturated rings. The topological polar surface area (TPSA) is 120 Å². The molecule has 3 aromatic rings. The Bertz CT molecular complexity index is 1390. The molecule has 1 heterocycles. The second kappa shape index (κ2) is 8.89. The summed E-state index contributed by atoms with van der Waals surface area (Å²) in [6.07, 6.45) is -0.644. The lowest BCUT2D eigenvalue weighted by molar-refractivity contribution is 0.165. The molecule has 2 aromatic carbocycles. The fourth-order valence-corrected chi connectivity index (χ4v) is 3.91.